The molecule has 0 spiro atoms. The molecule has 1 amide bonds. The van der Waals surface area contributed by atoms with Crippen molar-refractivity contribution in [3.8, 4) is 0 Å². The Labute approximate surface area is 164 Å². The molecule has 4 heteroatoms. The molecular weight excluding hydrogens is 334 g/mol. The summed E-state index contributed by atoms with van der Waals surface area (Å²) in [6, 6.07) is 19.1. The van der Waals surface area contributed by atoms with Crippen LogP contribution in [0.2, 0.25) is 0 Å². The molecule has 2 aromatic carbocycles. The van der Waals surface area contributed by atoms with Gasteiger partial charge in [-0.05, 0) is 44.3 Å². The van der Waals surface area contributed by atoms with E-state index in [9.17, 15) is 4.79 Å². The second-order valence-corrected chi connectivity index (χ2v) is 7.79. The fourth-order valence-electron chi connectivity index (χ4n) is 3.62. The van der Waals surface area contributed by atoms with E-state index in [1.54, 1.807) is 4.90 Å². The maximum absolute atomic E-state index is 12.7. The number of likely N-dealkylation sites (N-methyl/N-ethyl adjacent to an activating group) is 1. The van der Waals surface area contributed by atoms with Crippen molar-refractivity contribution in [3.63, 3.8) is 0 Å². The Balaban J connectivity index is 2.11. The Hall–Kier alpha value is -2.17. The fraction of sp³-hybridized carbons (Fsp3) is 0.435. The zero-order valence-electron chi connectivity index (χ0n) is 17.4. The third kappa shape index (κ3) is 5.91. The minimum absolute atomic E-state index is 0.0418. The van der Waals surface area contributed by atoms with Gasteiger partial charge in [0.15, 0.2) is 0 Å². The minimum Gasteiger partial charge on any atom is -0.337 e. The number of rotatable bonds is 8. The van der Waals surface area contributed by atoms with Gasteiger partial charge in [-0.1, -0.05) is 56.3 Å². The number of nitrogens with one attached hydrogen (secondary N) is 1. The molecule has 1 N–H and O–H groups in total. The first kappa shape index (κ1) is 21.1. The largest absolute Gasteiger partial charge is 0.337 e. The Bertz CT molecular complexity index is 710. The van der Waals surface area contributed by atoms with Gasteiger partial charge in [0.1, 0.15) is 0 Å². The molecule has 2 atom stereocenters. The van der Waals surface area contributed by atoms with Gasteiger partial charge in [0.2, 0.25) is 0 Å². The number of carbonyl (C=O) groups is 1. The van der Waals surface area contributed by atoms with E-state index in [1.165, 1.54) is 5.56 Å². The SMILES string of the molecule is CC(C)N[C@@H](C)C(c1ccc(C(=O)N(C)Cc2ccccc2)cc1)N(C)C. The van der Waals surface area contributed by atoms with E-state index in [0.29, 0.717) is 18.6 Å². The van der Waals surface area contributed by atoms with Crippen molar-refractivity contribution in [2.24, 2.45) is 0 Å². The van der Waals surface area contributed by atoms with Crippen LogP contribution in [0.4, 0.5) is 0 Å². The van der Waals surface area contributed by atoms with Crippen LogP contribution in [0.25, 0.3) is 0 Å². The molecule has 0 radical (unpaired) electrons. The van der Waals surface area contributed by atoms with Crippen LogP contribution in [0.1, 0.15) is 48.3 Å². The van der Waals surface area contributed by atoms with Crippen LogP contribution in [0.5, 0.6) is 0 Å². The average molecular weight is 368 g/mol. The summed E-state index contributed by atoms with van der Waals surface area (Å²) in [5, 5.41) is 3.59. The second-order valence-electron chi connectivity index (χ2n) is 7.79. The number of amides is 1. The molecule has 0 saturated heterocycles. The van der Waals surface area contributed by atoms with Crippen LogP contribution in [0.3, 0.4) is 0 Å². The topological polar surface area (TPSA) is 35.6 Å². The highest BCUT2D eigenvalue weighted by atomic mass is 16.2. The third-order valence-electron chi connectivity index (χ3n) is 4.73. The zero-order chi connectivity index (χ0) is 20.0. The van der Waals surface area contributed by atoms with Crippen molar-refractivity contribution in [3.05, 3.63) is 71.3 Å². The molecule has 0 aliphatic carbocycles. The fourth-order valence-corrected chi connectivity index (χ4v) is 3.62. The first-order valence-electron chi connectivity index (χ1n) is 9.61. The molecule has 0 aliphatic heterocycles. The first-order chi connectivity index (χ1) is 12.8. The molecule has 1 unspecified atom stereocenters. The molecule has 0 aromatic heterocycles. The van der Waals surface area contributed by atoms with Crippen LogP contribution < -0.4 is 5.32 Å². The van der Waals surface area contributed by atoms with E-state index in [-0.39, 0.29) is 11.9 Å². The van der Waals surface area contributed by atoms with Crippen LogP contribution >= 0.6 is 0 Å². The monoisotopic (exact) mass is 367 g/mol. The average Bonchev–Trinajstić information content (AvgIpc) is 2.61. The highest BCUT2D eigenvalue weighted by Crippen LogP contribution is 2.23. The van der Waals surface area contributed by atoms with Crippen molar-refractivity contribution in [1.29, 1.82) is 0 Å². The van der Waals surface area contributed by atoms with E-state index in [2.05, 4.69) is 57.2 Å². The van der Waals surface area contributed by atoms with Gasteiger partial charge in [-0.15, -0.1) is 0 Å². The molecule has 0 bridgehead atoms. The molecule has 0 aliphatic rings. The lowest BCUT2D eigenvalue weighted by Gasteiger charge is -2.32. The minimum atomic E-state index is 0.0418. The van der Waals surface area contributed by atoms with Gasteiger partial charge in [-0.3, -0.25) is 4.79 Å². The molecular formula is C23H33N3O. The standard InChI is InChI=1S/C23H33N3O/c1-17(2)24-18(3)22(25(4)5)20-12-14-21(15-13-20)23(27)26(6)16-19-10-8-7-9-11-19/h7-15,17-18,22,24H,16H2,1-6H3/t18-,22?/m0/s1. The third-order valence-corrected chi connectivity index (χ3v) is 4.73. The van der Waals surface area contributed by atoms with Crippen LogP contribution in [-0.2, 0) is 6.54 Å². The lowest BCUT2D eigenvalue weighted by atomic mass is 9.97. The Morgan fingerprint density at radius 3 is 2.04 bits per heavy atom. The lowest BCUT2D eigenvalue weighted by molar-refractivity contribution is 0.0785. The second kappa shape index (κ2) is 9.67. The Kier molecular flexibility index (Phi) is 7.57. The molecule has 146 valence electrons. The van der Waals surface area contributed by atoms with Gasteiger partial charge in [-0.25, -0.2) is 0 Å². The van der Waals surface area contributed by atoms with Gasteiger partial charge < -0.3 is 15.1 Å². The van der Waals surface area contributed by atoms with E-state index in [1.807, 2.05) is 49.5 Å². The predicted octanol–water partition coefficient (Wildman–Crippen LogP) is 3.95. The summed E-state index contributed by atoms with van der Waals surface area (Å²) in [4.78, 5) is 16.7. The first-order valence-corrected chi connectivity index (χ1v) is 9.61. The number of nitrogens with zero attached hydrogens (tertiary/aromatic N) is 2. The van der Waals surface area contributed by atoms with Gasteiger partial charge in [-0.2, -0.15) is 0 Å². The summed E-state index contributed by atoms with van der Waals surface area (Å²) in [5.74, 6) is 0.0418. The summed E-state index contributed by atoms with van der Waals surface area (Å²) in [6.45, 7) is 7.13. The number of benzene rings is 2. The van der Waals surface area contributed by atoms with Crippen molar-refractivity contribution in [2.75, 3.05) is 21.1 Å². The maximum Gasteiger partial charge on any atom is 0.253 e. The molecule has 2 rings (SSSR count). The molecule has 0 saturated carbocycles. The Morgan fingerprint density at radius 2 is 1.52 bits per heavy atom. The summed E-state index contributed by atoms with van der Waals surface area (Å²) >= 11 is 0. The number of carbonyl (C=O) groups excluding carboxylic acids is 1. The molecule has 0 heterocycles. The van der Waals surface area contributed by atoms with E-state index in [0.717, 1.165) is 11.1 Å². The summed E-state index contributed by atoms with van der Waals surface area (Å²) in [5.41, 5.74) is 3.06. The summed E-state index contributed by atoms with van der Waals surface area (Å²) in [7, 11) is 6.03. The molecule has 0 fully saturated rings. The number of hydrogen-bond acceptors (Lipinski definition) is 3. The summed E-state index contributed by atoms with van der Waals surface area (Å²) in [6.07, 6.45) is 0. The molecule has 4 nitrogen and oxygen atoms in total. The highest BCUT2D eigenvalue weighted by Gasteiger charge is 2.22. The van der Waals surface area contributed by atoms with E-state index < -0.39 is 0 Å². The van der Waals surface area contributed by atoms with Crippen LogP contribution in [0.15, 0.2) is 54.6 Å². The zero-order valence-corrected chi connectivity index (χ0v) is 17.4. The van der Waals surface area contributed by atoms with Gasteiger partial charge >= 0.3 is 0 Å². The predicted molar refractivity (Wildman–Crippen MR) is 113 cm³/mol. The highest BCUT2D eigenvalue weighted by molar-refractivity contribution is 5.94. The van der Waals surface area contributed by atoms with Crippen molar-refractivity contribution in [1.82, 2.24) is 15.1 Å². The molecule has 2 aromatic rings. The quantitative estimate of drug-likeness (QED) is 0.767. The number of hydrogen-bond donors (Lipinski definition) is 1. The normalized spacial score (nSPS) is 13.6. The van der Waals surface area contributed by atoms with Crippen LogP contribution in [0, 0.1) is 0 Å². The van der Waals surface area contributed by atoms with Gasteiger partial charge in [0, 0.05) is 37.3 Å². The Morgan fingerprint density at radius 1 is 0.926 bits per heavy atom. The van der Waals surface area contributed by atoms with Crippen molar-refractivity contribution >= 4 is 5.91 Å². The van der Waals surface area contributed by atoms with E-state index in [4.69, 9.17) is 0 Å². The lowest BCUT2D eigenvalue weighted by Crippen LogP contribution is -2.42. The van der Waals surface area contributed by atoms with Crippen LogP contribution in [-0.4, -0.2) is 48.9 Å². The summed E-state index contributed by atoms with van der Waals surface area (Å²) < 4.78 is 0. The van der Waals surface area contributed by atoms with Gasteiger partial charge in [0.25, 0.3) is 5.91 Å². The van der Waals surface area contributed by atoms with E-state index >= 15 is 0 Å². The smallest absolute Gasteiger partial charge is 0.253 e. The van der Waals surface area contributed by atoms with Crippen molar-refractivity contribution in [2.45, 2.75) is 45.4 Å². The van der Waals surface area contributed by atoms with Gasteiger partial charge in [0.05, 0.1) is 0 Å². The molecule has 27 heavy (non-hydrogen) atoms. The van der Waals surface area contributed by atoms with Crippen molar-refractivity contribution < 1.29 is 4.79 Å². The maximum atomic E-state index is 12.7.